The van der Waals surface area contributed by atoms with E-state index in [9.17, 15) is 4.79 Å². The first-order valence-corrected chi connectivity index (χ1v) is 6.14. The Bertz CT molecular complexity index is 601. The van der Waals surface area contributed by atoms with Gasteiger partial charge in [-0.1, -0.05) is 0 Å². The van der Waals surface area contributed by atoms with Gasteiger partial charge in [-0.25, -0.2) is 14.8 Å². The lowest BCUT2D eigenvalue weighted by molar-refractivity contribution is 0.0634. The first-order chi connectivity index (χ1) is 9.35. The molecule has 0 saturated heterocycles. The van der Waals surface area contributed by atoms with Gasteiger partial charge in [0.25, 0.3) is 0 Å². The van der Waals surface area contributed by atoms with Gasteiger partial charge in [0.05, 0.1) is 5.69 Å². The predicted molar refractivity (Wildman–Crippen MR) is 74.1 cm³/mol. The number of carbonyl (C=O) groups is 1. The van der Waals surface area contributed by atoms with Crippen LogP contribution in [0.1, 0.15) is 20.8 Å². The molecule has 2 aromatic heterocycles. The molecular weight excluding hydrogens is 258 g/mol. The Morgan fingerprint density at radius 3 is 2.55 bits per heavy atom. The number of ether oxygens (including phenoxy) is 1. The molecule has 2 aromatic rings. The topological polar surface area (TPSA) is 81.9 Å². The van der Waals surface area contributed by atoms with Crippen LogP contribution in [0.5, 0.6) is 0 Å². The van der Waals surface area contributed by atoms with Gasteiger partial charge in [0, 0.05) is 31.1 Å². The van der Waals surface area contributed by atoms with Gasteiger partial charge < -0.3 is 4.74 Å². The van der Waals surface area contributed by atoms with E-state index in [1.165, 1.54) is 6.33 Å². The molecule has 2 rings (SSSR count). The van der Waals surface area contributed by atoms with Crippen molar-refractivity contribution in [2.75, 3.05) is 5.32 Å². The highest BCUT2D eigenvalue weighted by Gasteiger charge is 2.18. The van der Waals surface area contributed by atoms with Crippen LogP contribution in [0.25, 0.3) is 11.3 Å². The number of aryl methyl sites for hydroxylation is 1. The van der Waals surface area contributed by atoms with E-state index in [1.807, 2.05) is 20.8 Å². The van der Waals surface area contributed by atoms with E-state index in [2.05, 4.69) is 20.4 Å². The normalized spacial score (nSPS) is 11.2. The second kappa shape index (κ2) is 5.28. The summed E-state index contributed by atoms with van der Waals surface area (Å²) in [5.41, 5.74) is 0.915. The van der Waals surface area contributed by atoms with Crippen LogP contribution in [0, 0.1) is 0 Å². The fourth-order valence-electron chi connectivity index (χ4n) is 1.56. The highest BCUT2D eigenvalue weighted by Crippen LogP contribution is 2.20. The lowest BCUT2D eigenvalue weighted by atomic mass is 10.2. The highest BCUT2D eigenvalue weighted by atomic mass is 16.6. The monoisotopic (exact) mass is 275 g/mol. The summed E-state index contributed by atoms with van der Waals surface area (Å²) < 4.78 is 6.76. The smallest absolute Gasteiger partial charge is 0.413 e. The molecule has 0 aliphatic rings. The molecule has 0 unspecified atom stereocenters. The van der Waals surface area contributed by atoms with E-state index in [4.69, 9.17) is 4.74 Å². The van der Waals surface area contributed by atoms with Crippen molar-refractivity contribution >= 4 is 11.9 Å². The van der Waals surface area contributed by atoms with Crippen molar-refractivity contribution in [1.82, 2.24) is 19.7 Å². The van der Waals surface area contributed by atoms with Crippen molar-refractivity contribution in [2.45, 2.75) is 26.4 Å². The molecule has 0 aromatic carbocycles. The molecule has 0 atom stereocenters. The third-order valence-electron chi connectivity index (χ3n) is 2.37. The first kappa shape index (κ1) is 14.0. The van der Waals surface area contributed by atoms with Crippen LogP contribution < -0.4 is 5.32 Å². The van der Waals surface area contributed by atoms with Gasteiger partial charge >= 0.3 is 6.09 Å². The molecule has 7 heteroatoms. The Balaban J connectivity index is 2.15. The number of nitrogens with one attached hydrogen (secondary N) is 1. The van der Waals surface area contributed by atoms with Crippen LogP contribution in [0.4, 0.5) is 10.6 Å². The number of carbonyl (C=O) groups excluding carboxylic acids is 1. The summed E-state index contributed by atoms with van der Waals surface area (Å²) >= 11 is 0. The van der Waals surface area contributed by atoms with Crippen LogP contribution >= 0.6 is 0 Å². The molecule has 1 amide bonds. The van der Waals surface area contributed by atoms with Crippen molar-refractivity contribution in [2.24, 2.45) is 7.05 Å². The predicted octanol–water partition coefficient (Wildman–Crippen LogP) is 2.22. The van der Waals surface area contributed by atoms with E-state index in [0.717, 1.165) is 5.56 Å². The van der Waals surface area contributed by atoms with Crippen LogP contribution in [0.15, 0.2) is 24.8 Å². The summed E-state index contributed by atoms with van der Waals surface area (Å²) in [6, 6.07) is 1.74. The third kappa shape index (κ3) is 3.53. The quantitative estimate of drug-likeness (QED) is 0.908. The minimum absolute atomic E-state index is 0.517. The molecule has 20 heavy (non-hydrogen) atoms. The summed E-state index contributed by atoms with van der Waals surface area (Å²) in [6.07, 6.45) is 4.25. The van der Waals surface area contributed by atoms with Crippen LogP contribution in [0.3, 0.4) is 0 Å². The number of rotatable bonds is 2. The molecule has 0 saturated carbocycles. The Morgan fingerprint density at radius 2 is 1.95 bits per heavy atom. The maximum absolute atomic E-state index is 11.7. The van der Waals surface area contributed by atoms with Gasteiger partial charge in [0.1, 0.15) is 17.7 Å². The van der Waals surface area contributed by atoms with Crippen LogP contribution in [0.2, 0.25) is 0 Å². The van der Waals surface area contributed by atoms with Gasteiger partial charge in [-0.2, -0.15) is 5.10 Å². The molecule has 7 nitrogen and oxygen atoms in total. The average Bonchev–Trinajstić information content (AvgIpc) is 2.70. The van der Waals surface area contributed by atoms with E-state index >= 15 is 0 Å². The molecule has 0 fully saturated rings. The third-order valence-corrected chi connectivity index (χ3v) is 2.37. The molecule has 0 bridgehead atoms. The van der Waals surface area contributed by atoms with Crippen molar-refractivity contribution in [3.63, 3.8) is 0 Å². The maximum atomic E-state index is 11.7. The molecular formula is C13H17N5O2. The Labute approximate surface area is 117 Å². The molecule has 1 N–H and O–H groups in total. The number of amides is 1. The van der Waals surface area contributed by atoms with Crippen molar-refractivity contribution < 1.29 is 9.53 Å². The first-order valence-electron chi connectivity index (χ1n) is 6.14. The van der Waals surface area contributed by atoms with E-state index in [-0.39, 0.29) is 0 Å². The lowest BCUT2D eigenvalue weighted by Gasteiger charge is -2.19. The standard InChI is InChI=1S/C13H17N5O2/c1-13(2,3)20-12(19)16-11-5-10(17-18(11)4)9-6-14-8-15-7-9/h5-8H,1-4H3,(H,16,19). The molecule has 0 aliphatic carbocycles. The zero-order valence-corrected chi connectivity index (χ0v) is 11.9. The van der Waals surface area contributed by atoms with Gasteiger partial charge in [-0.05, 0) is 20.8 Å². The average molecular weight is 275 g/mol. The molecule has 0 aliphatic heterocycles. The molecule has 2 heterocycles. The molecule has 0 radical (unpaired) electrons. The summed E-state index contributed by atoms with van der Waals surface area (Å²) in [5.74, 6) is 0.540. The van der Waals surface area contributed by atoms with E-state index in [1.54, 1.807) is 30.2 Å². The zero-order valence-electron chi connectivity index (χ0n) is 11.9. The molecule has 0 spiro atoms. The lowest BCUT2D eigenvalue weighted by Crippen LogP contribution is -2.27. The number of nitrogens with zero attached hydrogens (tertiary/aromatic N) is 4. The summed E-state index contributed by atoms with van der Waals surface area (Å²) in [7, 11) is 1.74. The summed E-state index contributed by atoms with van der Waals surface area (Å²) in [4.78, 5) is 19.6. The van der Waals surface area contributed by atoms with E-state index < -0.39 is 11.7 Å². The van der Waals surface area contributed by atoms with Crippen molar-refractivity contribution in [3.05, 3.63) is 24.8 Å². The minimum atomic E-state index is -0.543. The van der Waals surface area contributed by atoms with Crippen LogP contribution in [-0.2, 0) is 11.8 Å². The fourth-order valence-corrected chi connectivity index (χ4v) is 1.56. The number of hydrogen-bond acceptors (Lipinski definition) is 5. The van der Waals surface area contributed by atoms with Crippen LogP contribution in [-0.4, -0.2) is 31.4 Å². The number of hydrogen-bond donors (Lipinski definition) is 1. The van der Waals surface area contributed by atoms with Gasteiger partial charge in [0.2, 0.25) is 0 Å². The Hall–Kier alpha value is -2.44. The molecule has 106 valence electrons. The Kier molecular flexibility index (Phi) is 3.69. The van der Waals surface area contributed by atoms with Crippen molar-refractivity contribution in [3.8, 4) is 11.3 Å². The van der Waals surface area contributed by atoms with Gasteiger partial charge in [0.15, 0.2) is 0 Å². The van der Waals surface area contributed by atoms with Gasteiger partial charge in [-0.3, -0.25) is 10.00 Å². The number of anilines is 1. The maximum Gasteiger partial charge on any atom is 0.413 e. The van der Waals surface area contributed by atoms with E-state index in [0.29, 0.717) is 11.5 Å². The second-order valence-corrected chi connectivity index (χ2v) is 5.29. The summed E-state index contributed by atoms with van der Waals surface area (Å²) in [6.45, 7) is 5.42. The summed E-state index contributed by atoms with van der Waals surface area (Å²) in [5, 5.41) is 6.95. The van der Waals surface area contributed by atoms with Crippen molar-refractivity contribution in [1.29, 1.82) is 0 Å². The zero-order chi connectivity index (χ0) is 14.8. The SMILES string of the molecule is Cn1nc(-c2cncnc2)cc1NC(=O)OC(C)(C)C. The largest absolute Gasteiger partial charge is 0.444 e. The minimum Gasteiger partial charge on any atom is -0.444 e. The Morgan fingerprint density at radius 1 is 1.30 bits per heavy atom. The fraction of sp³-hybridized carbons (Fsp3) is 0.385. The van der Waals surface area contributed by atoms with Gasteiger partial charge in [-0.15, -0.1) is 0 Å². The second-order valence-electron chi connectivity index (χ2n) is 5.29. The number of aromatic nitrogens is 4. The highest BCUT2D eigenvalue weighted by molar-refractivity contribution is 5.84.